The molecule has 0 atom stereocenters. The second kappa shape index (κ2) is 5.62. The molecule has 0 aliphatic rings. The summed E-state index contributed by atoms with van der Waals surface area (Å²) in [4.78, 5) is 4.52. The number of aromatic nitrogens is 1. The Bertz CT molecular complexity index is 443. The topological polar surface area (TPSA) is 12.9 Å². The summed E-state index contributed by atoms with van der Waals surface area (Å²) < 4.78 is 0. The Morgan fingerprint density at radius 1 is 0.941 bits per heavy atom. The summed E-state index contributed by atoms with van der Waals surface area (Å²) >= 11 is 0. The van der Waals surface area contributed by atoms with Gasteiger partial charge in [0.05, 0.1) is 0 Å². The molecule has 1 aromatic heterocycles. The summed E-state index contributed by atoms with van der Waals surface area (Å²) in [6, 6.07) is 14.9. The highest BCUT2D eigenvalue weighted by atomic mass is 14.7. The molecule has 0 saturated heterocycles. The molecule has 0 saturated carbocycles. The fourth-order valence-corrected chi connectivity index (χ4v) is 1.84. The molecular formula is C16H19N. The van der Waals surface area contributed by atoms with Gasteiger partial charge in [-0.2, -0.15) is 0 Å². The first-order valence-corrected chi connectivity index (χ1v) is 6.24. The fourth-order valence-electron chi connectivity index (χ4n) is 1.84. The third-order valence-electron chi connectivity index (χ3n) is 3.03. The molecule has 0 bridgehead atoms. The van der Waals surface area contributed by atoms with Gasteiger partial charge < -0.3 is 0 Å². The highest BCUT2D eigenvalue weighted by molar-refractivity contribution is 5.19. The Morgan fingerprint density at radius 3 is 2.29 bits per heavy atom. The lowest BCUT2D eigenvalue weighted by molar-refractivity contribution is 0.842. The van der Waals surface area contributed by atoms with Gasteiger partial charge in [-0.05, 0) is 36.0 Å². The van der Waals surface area contributed by atoms with Gasteiger partial charge in [0.15, 0.2) is 0 Å². The molecule has 0 N–H and O–H groups in total. The van der Waals surface area contributed by atoms with Gasteiger partial charge in [0.2, 0.25) is 0 Å². The van der Waals surface area contributed by atoms with E-state index in [0.717, 1.165) is 12.8 Å². The van der Waals surface area contributed by atoms with Crippen molar-refractivity contribution in [3.63, 3.8) is 0 Å². The standard InChI is InChI=1S/C16H19N/c1-13(2)15-9-11-16(17-12-15)10-8-14-6-4-3-5-7-14/h3-7,9,11-13H,8,10H2,1-2H3. The van der Waals surface area contributed by atoms with Gasteiger partial charge in [0, 0.05) is 11.9 Å². The van der Waals surface area contributed by atoms with Crippen LogP contribution in [-0.2, 0) is 12.8 Å². The molecule has 88 valence electrons. The number of nitrogens with zero attached hydrogens (tertiary/aromatic N) is 1. The van der Waals surface area contributed by atoms with Gasteiger partial charge >= 0.3 is 0 Å². The number of rotatable bonds is 4. The summed E-state index contributed by atoms with van der Waals surface area (Å²) in [5.41, 5.74) is 3.87. The third-order valence-corrected chi connectivity index (χ3v) is 3.03. The van der Waals surface area contributed by atoms with Crippen LogP contribution in [0.25, 0.3) is 0 Å². The van der Waals surface area contributed by atoms with Crippen molar-refractivity contribution in [1.82, 2.24) is 4.98 Å². The average molecular weight is 225 g/mol. The molecule has 0 fully saturated rings. The van der Waals surface area contributed by atoms with Crippen LogP contribution in [0.2, 0.25) is 0 Å². The highest BCUT2D eigenvalue weighted by Crippen LogP contribution is 2.13. The highest BCUT2D eigenvalue weighted by Gasteiger charge is 2.00. The van der Waals surface area contributed by atoms with Crippen molar-refractivity contribution in [2.24, 2.45) is 0 Å². The van der Waals surface area contributed by atoms with Crippen LogP contribution in [0.1, 0.15) is 36.6 Å². The SMILES string of the molecule is CC(C)c1ccc(CCc2ccccc2)nc1. The van der Waals surface area contributed by atoms with E-state index in [1.165, 1.54) is 16.8 Å². The number of aryl methyl sites for hydroxylation is 2. The van der Waals surface area contributed by atoms with E-state index in [1.807, 2.05) is 6.20 Å². The molecule has 2 aromatic rings. The van der Waals surface area contributed by atoms with Crippen LogP contribution in [0.3, 0.4) is 0 Å². The van der Waals surface area contributed by atoms with Crippen molar-refractivity contribution in [1.29, 1.82) is 0 Å². The molecule has 0 aliphatic carbocycles. The first-order valence-electron chi connectivity index (χ1n) is 6.24. The summed E-state index contributed by atoms with van der Waals surface area (Å²) in [6.45, 7) is 4.39. The van der Waals surface area contributed by atoms with Crippen molar-refractivity contribution in [2.75, 3.05) is 0 Å². The Hall–Kier alpha value is -1.63. The normalized spacial score (nSPS) is 10.8. The molecule has 1 aromatic carbocycles. The minimum Gasteiger partial charge on any atom is -0.261 e. The fraction of sp³-hybridized carbons (Fsp3) is 0.312. The molecule has 1 nitrogen and oxygen atoms in total. The van der Waals surface area contributed by atoms with E-state index in [2.05, 4.69) is 61.3 Å². The number of benzene rings is 1. The lowest BCUT2D eigenvalue weighted by atomic mass is 10.0. The minimum atomic E-state index is 0.561. The van der Waals surface area contributed by atoms with Gasteiger partial charge in [0.25, 0.3) is 0 Å². The molecule has 0 amide bonds. The van der Waals surface area contributed by atoms with Crippen LogP contribution >= 0.6 is 0 Å². The van der Waals surface area contributed by atoms with Gasteiger partial charge in [-0.25, -0.2) is 0 Å². The molecule has 2 rings (SSSR count). The summed E-state index contributed by atoms with van der Waals surface area (Å²) in [5.74, 6) is 0.561. The van der Waals surface area contributed by atoms with Crippen molar-refractivity contribution in [2.45, 2.75) is 32.6 Å². The lowest BCUT2D eigenvalue weighted by Gasteiger charge is -2.06. The van der Waals surface area contributed by atoms with Gasteiger partial charge in [-0.1, -0.05) is 50.2 Å². The Morgan fingerprint density at radius 2 is 1.71 bits per heavy atom. The Kier molecular flexibility index (Phi) is 3.92. The van der Waals surface area contributed by atoms with Crippen molar-refractivity contribution in [3.8, 4) is 0 Å². The van der Waals surface area contributed by atoms with Gasteiger partial charge in [-0.15, -0.1) is 0 Å². The molecule has 1 heterocycles. The van der Waals surface area contributed by atoms with Crippen LogP contribution in [0.4, 0.5) is 0 Å². The first kappa shape index (κ1) is 11.8. The second-order valence-corrected chi connectivity index (χ2v) is 4.72. The minimum absolute atomic E-state index is 0.561. The smallest absolute Gasteiger partial charge is 0.0407 e. The lowest BCUT2D eigenvalue weighted by Crippen LogP contribution is -1.96. The Balaban J connectivity index is 1.96. The predicted molar refractivity (Wildman–Crippen MR) is 72.2 cm³/mol. The largest absolute Gasteiger partial charge is 0.261 e. The molecule has 0 unspecified atom stereocenters. The zero-order valence-electron chi connectivity index (χ0n) is 10.6. The van der Waals surface area contributed by atoms with E-state index in [-0.39, 0.29) is 0 Å². The maximum absolute atomic E-state index is 4.52. The molecule has 17 heavy (non-hydrogen) atoms. The maximum atomic E-state index is 4.52. The van der Waals surface area contributed by atoms with Crippen molar-refractivity contribution < 1.29 is 0 Å². The zero-order valence-corrected chi connectivity index (χ0v) is 10.6. The molecule has 0 spiro atoms. The van der Waals surface area contributed by atoms with Crippen LogP contribution in [0.5, 0.6) is 0 Å². The maximum Gasteiger partial charge on any atom is 0.0407 e. The van der Waals surface area contributed by atoms with Crippen LogP contribution in [0, 0.1) is 0 Å². The molecule has 0 aliphatic heterocycles. The quantitative estimate of drug-likeness (QED) is 0.766. The van der Waals surface area contributed by atoms with Gasteiger partial charge in [-0.3, -0.25) is 4.98 Å². The number of hydrogen-bond acceptors (Lipinski definition) is 1. The van der Waals surface area contributed by atoms with Crippen molar-refractivity contribution in [3.05, 3.63) is 65.5 Å². The van der Waals surface area contributed by atoms with E-state index >= 15 is 0 Å². The summed E-state index contributed by atoms with van der Waals surface area (Å²) in [5, 5.41) is 0. The van der Waals surface area contributed by atoms with Crippen molar-refractivity contribution >= 4 is 0 Å². The van der Waals surface area contributed by atoms with Gasteiger partial charge in [0.1, 0.15) is 0 Å². The van der Waals surface area contributed by atoms with E-state index in [4.69, 9.17) is 0 Å². The van der Waals surface area contributed by atoms with Crippen LogP contribution in [0.15, 0.2) is 48.7 Å². The molecule has 0 radical (unpaired) electrons. The molecular weight excluding hydrogens is 206 g/mol. The Labute approximate surface area is 104 Å². The van der Waals surface area contributed by atoms with E-state index in [1.54, 1.807) is 0 Å². The van der Waals surface area contributed by atoms with E-state index in [9.17, 15) is 0 Å². The number of pyridine rings is 1. The third kappa shape index (κ3) is 3.42. The predicted octanol–water partition coefficient (Wildman–Crippen LogP) is 3.99. The second-order valence-electron chi connectivity index (χ2n) is 4.72. The molecule has 1 heteroatoms. The average Bonchev–Trinajstić information content (AvgIpc) is 2.38. The van der Waals surface area contributed by atoms with Crippen LogP contribution in [-0.4, -0.2) is 4.98 Å². The monoisotopic (exact) mass is 225 g/mol. The van der Waals surface area contributed by atoms with E-state index in [0.29, 0.717) is 5.92 Å². The zero-order chi connectivity index (χ0) is 12.1. The van der Waals surface area contributed by atoms with Crippen LogP contribution < -0.4 is 0 Å². The number of hydrogen-bond donors (Lipinski definition) is 0. The van der Waals surface area contributed by atoms with E-state index < -0.39 is 0 Å². The summed E-state index contributed by atoms with van der Waals surface area (Å²) in [7, 11) is 0. The summed E-state index contributed by atoms with van der Waals surface area (Å²) in [6.07, 6.45) is 4.09. The first-order chi connectivity index (χ1) is 8.25.